The summed E-state index contributed by atoms with van der Waals surface area (Å²) in [5.41, 5.74) is 2.34. The molecular formula is C18H25N3S. The number of anilines is 1. The van der Waals surface area contributed by atoms with Crippen molar-refractivity contribution in [1.29, 1.82) is 0 Å². The van der Waals surface area contributed by atoms with Crippen molar-refractivity contribution < 1.29 is 0 Å². The molecule has 4 heteroatoms. The number of thiocarbonyl (C=S) groups is 1. The predicted molar refractivity (Wildman–Crippen MR) is 95.2 cm³/mol. The predicted octanol–water partition coefficient (Wildman–Crippen LogP) is 3.44. The van der Waals surface area contributed by atoms with Crippen molar-refractivity contribution in [1.82, 2.24) is 10.2 Å². The Morgan fingerprint density at radius 1 is 1.05 bits per heavy atom. The Labute approximate surface area is 138 Å². The molecule has 2 N–H and O–H groups in total. The largest absolute Gasteiger partial charge is 0.360 e. The lowest BCUT2D eigenvalue weighted by molar-refractivity contribution is 0.114. The summed E-state index contributed by atoms with van der Waals surface area (Å²) in [6.07, 6.45) is 8.14. The van der Waals surface area contributed by atoms with E-state index in [9.17, 15) is 0 Å². The first-order chi connectivity index (χ1) is 10.7. The van der Waals surface area contributed by atoms with Gasteiger partial charge in [-0.3, -0.25) is 4.90 Å². The van der Waals surface area contributed by atoms with Gasteiger partial charge in [0, 0.05) is 29.9 Å². The SMILES string of the molecule is Cc1ccccc1NC(=S)NC1C[C@H]2CC[C@H](C1)N2C1CC1. The lowest BCUT2D eigenvalue weighted by Crippen LogP contribution is -2.51. The molecule has 3 aliphatic rings. The maximum absolute atomic E-state index is 5.53. The van der Waals surface area contributed by atoms with Gasteiger partial charge < -0.3 is 10.6 Å². The van der Waals surface area contributed by atoms with Gasteiger partial charge in [-0.1, -0.05) is 18.2 Å². The molecule has 3 fully saturated rings. The van der Waals surface area contributed by atoms with Crippen LogP contribution in [-0.4, -0.2) is 34.2 Å². The maximum Gasteiger partial charge on any atom is 0.171 e. The van der Waals surface area contributed by atoms with E-state index in [0.29, 0.717) is 6.04 Å². The fourth-order valence-electron chi connectivity index (χ4n) is 4.36. The molecule has 2 heterocycles. The molecule has 0 aromatic heterocycles. The summed E-state index contributed by atoms with van der Waals surface area (Å²) in [5, 5.41) is 7.71. The Hall–Kier alpha value is -1.13. The Morgan fingerprint density at radius 3 is 2.32 bits per heavy atom. The van der Waals surface area contributed by atoms with Gasteiger partial charge in [0.25, 0.3) is 0 Å². The van der Waals surface area contributed by atoms with Gasteiger partial charge in [0.05, 0.1) is 0 Å². The second-order valence-corrected chi connectivity index (χ2v) is 7.55. The van der Waals surface area contributed by atoms with Crippen LogP contribution in [0.4, 0.5) is 5.69 Å². The minimum absolute atomic E-state index is 0.538. The number of hydrogen-bond donors (Lipinski definition) is 2. The van der Waals surface area contributed by atoms with Crippen molar-refractivity contribution >= 4 is 23.0 Å². The van der Waals surface area contributed by atoms with Gasteiger partial charge in [-0.25, -0.2) is 0 Å². The highest BCUT2D eigenvalue weighted by Crippen LogP contribution is 2.43. The molecule has 1 aromatic carbocycles. The first kappa shape index (κ1) is 14.5. The molecule has 0 spiro atoms. The van der Waals surface area contributed by atoms with E-state index in [1.807, 2.05) is 6.07 Å². The summed E-state index contributed by atoms with van der Waals surface area (Å²) in [5.74, 6) is 0. The lowest BCUT2D eigenvalue weighted by atomic mass is 9.97. The number of aryl methyl sites for hydroxylation is 1. The fraction of sp³-hybridized carbons (Fsp3) is 0.611. The maximum atomic E-state index is 5.53. The van der Waals surface area contributed by atoms with Crippen LogP contribution in [-0.2, 0) is 0 Å². The first-order valence-corrected chi connectivity index (χ1v) is 9.02. The van der Waals surface area contributed by atoms with Crippen molar-refractivity contribution in [3.05, 3.63) is 29.8 Å². The summed E-state index contributed by atoms with van der Waals surface area (Å²) >= 11 is 5.53. The molecule has 3 nitrogen and oxygen atoms in total. The van der Waals surface area contributed by atoms with E-state index in [-0.39, 0.29) is 0 Å². The molecule has 1 saturated carbocycles. The molecule has 0 radical (unpaired) electrons. The number of nitrogens with one attached hydrogen (secondary N) is 2. The van der Waals surface area contributed by atoms with Crippen LogP contribution in [0.5, 0.6) is 0 Å². The van der Waals surface area contributed by atoms with Gasteiger partial charge in [0.2, 0.25) is 0 Å². The van der Waals surface area contributed by atoms with Crippen molar-refractivity contribution in [3.63, 3.8) is 0 Å². The number of nitrogens with zero attached hydrogens (tertiary/aromatic N) is 1. The highest BCUT2D eigenvalue weighted by atomic mass is 32.1. The summed E-state index contributed by atoms with van der Waals surface area (Å²) < 4.78 is 0. The normalized spacial score (nSPS) is 31.0. The molecule has 22 heavy (non-hydrogen) atoms. The van der Waals surface area contributed by atoms with Crippen LogP contribution in [0.25, 0.3) is 0 Å². The second-order valence-electron chi connectivity index (χ2n) is 7.15. The third-order valence-corrected chi connectivity index (χ3v) is 5.71. The van der Waals surface area contributed by atoms with Crippen molar-refractivity contribution in [2.45, 2.75) is 69.6 Å². The lowest BCUT2D eigenvalue weighted by Gasteiger charge is -2.39. The topological polar surface area (TPSA) is 27.3 Å². The van der Waals surface area contributed by atoms with Gasteiger partial charge in [0.15, 0.2) is 5.11 Å². The summed E-state index contributed by atoms with van der Waals surface area (Å²) in [4.78, 5) is 2.83. The standard InChI is InChI=1S/C18H25N3S/c1-12-4-2-3-5-17(12)20-18(22)19-13-10-15-8-9-16(11-13)21(15)14-6-7-14/h2-5,13-16H,6-11H2,1H3,(H2,19,20,22)/t15-,16-/m1/s1. The average Bonchev–Trinajstić information content (AvgIpc) is 3.28. The number of piperidine rings is 1. The molecule has 2 atom stereocenters. The Bertz CT molecular complexity index is 555. The zero-order valence-electron chi connectivity index (χ0n) is 13.2. The van der Waals surface area contributed by atoms with Crippen LogP contribution in [0, 0.1) is 6.92 Å². The molecule has 2 aliphatic heterocycles. The zero-order chi connectivity index (χ0) is 15.1. The number of para-hydroxylation sites is 1. The van der Waals surface area contributed by atoms with Crippen molar-refractivity contribution in [2.24, 2.45) is 0 Å². The third kappa shape index (κ3) is 2.86. The smallest absolute Gasteiger partial charge is 0.171 e. The minimum Gasteiger partial charge on any atom is -0.360 e. The number of hydrogen-bond acceptors (Lipinski definition) is 2. The molecule has 0 unspecified atom stereocenters. The van der Waals surface area contributed by atoms with E-state index in [2.05, 4.69) is 40.7 Å². The number of fused-ring (bicyclic) bond motifs is 2. The molecule has 0 amide bonds. The fourth-order valence-corrected chi connectivity index (χ4v) is 4.63. The molecule has 118 valence electrons. The summed E-state index contributed by atoms with van der Waals surface area (Å²) in [6.45, 7) is 2.11. The third-order valence-electron chi connectivity index (χ3n) is 5.49. The summed E-state index contributed by atoms with van der Waals surface area (Å²) in [6, 6.07) is 11.3. The van der Waals surface area contributed by atoms with E-state index in [1.54, 1.807) is 0 Å². The van der Waals surface area contributed by atoms with E-state index in [4.69, 9.17) is 12.2 Å². The van der Waals surface area contributed by atoms with Crippen molar-refractivity contribution in [3.8, 4) is 0 Å². The van der Waals surface area contributed by atoms with Gasteiger partial charge in [-0.15, -0.1) is 0 Å². The molecule has 2 bridgehead atoms. The highest BCUT2D eigenvalue weighted by Gasteiger charge is 2.46. The van der Waals surface area contributed by atoms with E-state index >= 15 is 0 Å². The quantitative estimate of drug-likeness (QED) is 0.836. The minimum atomic E-state index is 0.538. The van der Waals surface area contributed by atoms with Crippen LogP contribution in [0.3, 0.4) is 0 Å². The Balaban J connectivity index is 1.34. The van der Waals surface area contributed by atoms with E-state index in [1.165, 1.54) is 44.1 Å². The highest BCUT2D eigenvalue weighted by molar-refractivity contribution is 7.80. The Morgan fingerprint density at radius 2 is 1.68 bits per heavy atom. The first-order valence-electron chi connectivity index (χ1n) is 8.61. The van der Waals surface area contributed by atoms with Crippen molar-refractivity contribution in [2.75, 3.05) is 5.32 Å². The molecule has 4 rings (SSSR count). The molecule has 2 saturated heterocycles. The van der Waals surface area contributed by atoms with E-state index in [0.717, 1.165) is 28.9 Å². The van der Waals surface area contributed by atoms with Gasteiger partial charge in [-0.05, 0) is 69.3 Å². The number of rotatable bonds is 3. The van der Waals surface area contributed by atoms with Crippen LogP contribution < -0.4 is 10.6 Å². The zero-order valence-corrected chi connectivity index (χ0v) is 14.0. The molecule has 1 aliphatic carbocycles. The van der Waals surface area contributed by atoms with Crippen LogP contribution in [0.1, 0.15) is 44.1 Å². The van der Waals surface area contributed by atoms with E-state index < -0.39 is 0 Å². The van der Waals surface area contributed by atoms with Crippen LogP contribution in [0.15, 0.2) is 24.3 Å². The van der Waals surface area contributed by atoms with Gasteiger partial charge >= 0.3 is 0 Å². The summed E-state index contributed by atoms with van der Waals surface area (Å²) in [7, 11) is 0. The van der Waals surface area contributed by atoms with Crippen LogP contribution in [0.2, 0.25) is 0 Å². The van der Waals surface area contributed by atoms with Crippen LogP contribution >= 0.6 is 12.2 Å². The Kier molecular flexibility index (Phi) is 3.82. The molecule has 1 aromatic rings. The number of benzene rings is 1. The average molecular weight is 315 g/mol. The van der Waals surface area contributed by atoms with Gasteiger partial charge in [-0.2, -0.15) is 0 Å². The molecular weight excluding hydrogens is 290 g/mol. The second kappa shape index (κ2) is 5.82. The van der Waals surface area contributed by atoms with Gasteiger partial charge in [0.1, 0.15) is 0 Å². The monoisotopic (exact) mass is 315 g/mol.